The number of carbonyl (C=O) groups is 1. The molecule has 2 rings (SSSR count). The Bertz CT molecular complexity index is 420. The maximum atomic E-state index is 13.2. The van der Waals surface area contributed by atoms with Crippen LogP contribution in [0.4, 0.5) is 14.9 Å². The molecule has 4 nitrogen and oxygen atoms in total. The molecule has 1 fully saturated rings. The fourth-order valence-electron chi connectivity index (χ4n) is 1.76. The number of benzene rings is 1. The van der Waals surface area contributed by atoms with Crippen molar-refractivity contribution in [3.05, 3.63) is 29.6 Å². The number of anilines is 1. The third-order valence-corrected chi connectivity index (χ3v) is 2.52. The lowest BCUT2D eigenvalue weighted by atomic mass is 10.0. The predicted molar refractivity (Wildman–Crippen MR) is 58.0 cm³/mol. The predicted octanol–water partition coefficient (Wildman–Crippen LogP) is 1.67. The minimum Gasteiger partial charge on any atom is -0.447 e. The molecule has 0 radical (unpaired) electrons. The van der Waals surface area contributed by atoms with Crippen LogP contribution in [-0.2, 0) is 4.74 Å². The first-order valence-electron chi connectivity index (χ1n) is 4.98. The van der Waals surface area contributed by atoms with E-state index in [1.165, 1.54) is 12.1 Å². The van der Waals surface area contributed by atoms with Crippen molar-refractivity contribution in [1.82, 2.24) is 5.32 Å². The summed E-state index contributed by atoms with van der Waals surface area (Å²) in [4.78, 5) is 12.8. The van der Waals surface area contributed by atoms with Crippen molar-refractivity contribution in [2.75, 3.05) is 25.6 Å². The standard InChI is InChI=1S/C11H13FN2O2/c1-14(2)10-4-3-7(12)5-8(10)9-6-16-11(15)13-9/h3-5,9H,6H2,1-2H3,(H,13,15). The molecule has 1 amide bonds. The minimum absolute atomic E-state index is 0.239. The Kier molecular flexibility index (Phi) is 2.68. The van der Waals surface area contributed by atoms with Crippen LogP contribution >= 0.6 is 0 Å². The monoisotopic (exact) mass is 224 g/mol. The van der Waals surface area contributed by atoms with Gasteiger partial charge in [0.05, 0.1) is 6.04 Å². The zero-order chi connectivity index (χ0) is 11.7. The molecule has 1 aliphatic heterocycles. The van der Waals surface area contributed by atoms with E-state index in [-0.39, 0.29) is 18.5 Å². The zero-order valence-electron chi connectivity index (χ0n) is 9.16. The molecule has 1 atom stereocenters. The van der Waals surface area contributed by atoms with Crippen molar-refractivity contribution in [2.24, 2.45) is 0 Å². The summed E-state index contributed by atoms with van der Waals surface area (Å²) < 4.78 is 18.0. The van der Waals surface area contributed by atoms with Gasteiger partial charge in [0.2, 0.25) is 0 Å². The quantitative estimate of drug-likeness (QED) is 0.830. The number of halogens is 1. The molecule has 0 aliphatic carbocycles. The Balaban J connectivity index is 2.37. The van der Waals surface area contributed by atoms with Crippen molar-refractivity contribution >= 4 is 11.8 Å². The summed E-state index contributed by atoms with van der Waals surface area (Å²) in [5, 5.41) is 2.64. The molecule has 86 valence electrons. The molecule has 1 N–H and O–H groups in total. The van der Waals surface area contributed by atoms with Gasteiger partial charge in [-0.2, -0.15) is 0 Å². The van der Waals surface area contributed by atoms with E-state index in [4.69, 9.17) is 4.74 Å². The summed E-state index contributed by atoms with van der Waals surface area (Å²) in [7, 11) is 3.74. The summed E-state index contributed by atoms with van der Waals surface area (Å²) in [6, 6.07) is 4.24. The number of nitrogens with one attached hydrogen (secondary N) is 1. The van der Waals surface area contributed by atoms with Gasteiger partial charge in [0, 0.05) is 25.3 Å². The number of carbonyl (C=O) groups excluding carboxylic acids is 1. The summed E-state index contributed by atoms with van der Waals surface area (Å²) in [6.07, 6.45) is -0.459. The lowest BCUT2D eigenvalue weighted by molar-refractivity contribution is 0.177. The molecule has 0 bridgehead atoms. The summed E-state index contributed by atoms with van der Waals surface area (Å²) in [6.45, 7) is 0.239. The van der Waals surface area contributed by atoms with Crippen LogP contribution in [0.5, 0.6) is 0 Å². The van der Waals surface area contributed by atoms with Gasteiger partial charge in [0.15, 0.2) is 0 Å². The molecule has 0 aromatic heterocycles. The van der Waals surface area contributed by atoms with E-state index in [0.29, 0.717) is 0 Å². The van der Waals surface area contributed by atoms with Gasteiger partial charge in [-0.3, -0.25) is 0 Å². The lowest BCUT2D eigenvalue weighted by Gasteiger charge is -2.20. The largest absolute Gasteiger partial charge is 0.447 e. The third kappa shape index (κ3) is 1.93. The van der Waals surface area contributed by atoms with Crippen molar-refractivity contribution in [3.63, 3.8) is 0 Å². The highest BCUT2D eigenvalue weighted by Crippen LogP contribution is 2.28. The molecule has 1 aliphatic rings. The molecular formula is C11H13FN2O2. The maximum absolute atomic E-state index is 13.2. The van der Waals surface area contributed by atoms with Gasteiger partial charge >= 0.3 is 6.09 Å². The van der Waals surface area contributed by atoms with Crippen LogP contribution in [0.1, 0.15) is 11.6 Å². The average molecular weight is 224 g/mol. The smallest absolute Gasteiger partial charge is 0.407 e. The van der Waals surface area contributed by atoms with Crippen LogP contribution in [-0.4, -0.2) is 26.8 Å². The minimum atomic E-state index is -0.459. The number of nitrogens with zero attached hydrogens (tertiary/aromatic N) is 1. The zero-order valence-corrected chi connectivity index (χ0v) is 9.16. The summed E-state index contributed by atoms with van der Waals surface area (Å²) >= 11 is 0. The van der Waals surface area contributed by atoms with Crippen molar-refractivity contribution in [1.29, 1.82) is 0 Å². The summed E-state index contributed by atoms with van der Waals surface area (Å²) in [5.74, 6) is -0.318. The normalized spacial score (nSPS) is 19.2. The second-order valence-electron chi connectivity index (χ2n) is 3.89. The highest BCUT2D eigenvalue weighted by Gasteiger charge is 2.26. The first kappa shape index (κ1) is 10.7. The van der Waals surface area contributed by atoms with Crippen LogP contribution in [0, 0.1) is 5.82 Å². The third-order valence-electron chi connectivity index (χ3n) is 2.52. The van der Waals surface area contributed by atoms with Crippen LogP contribution < -0.4 is 10.2 Å². The van der Waals surface area contributed by atoms with Crippen LogP contribution in [0.15, 0.2) is 18.2 Å². The maximum Gasteiger partial charge on any atom is 0.407 e. The van der Waals surface area contributed by atoms with Gasteiger partial charge in [-0.25, -0.2) is 9.18 Å². The molecule has 0 spiro atoms. The fraction of sp³-hybridized carbons (Fsp3) is 0.364. The molecule has 16 heavy (non-hydrogen) atoms. The number of rotatable bonds is 2. The Morgan fingerprint density at radius 1 is 1.50 bits per heavy atom. The molecule has 1 unspecified atom stereocenters. The Labute approximate surface area is 93.0 Å². The highest BCUT2D eigenvalue weighted by atomic mass is 19.1. The molecule has 5 heteroatoms. The van der Waals surface area contributed by atoms with Crippen LogP contribution in [0.3, 0.4) is 0 Å². The van der Waals surface area contributed by atoms with E-state index in [0.717, 1.165) is 11.3 Å². The molecule has 0 saturated carbocycles. The fourth-order valence-corrected chi connectivity index (χ4v) is 1.76. The van der Waals surface area contributed by atoms with E-state index in [1.807, 2.05) is 19.0 Å². The SMILES string of the molecule is CN(C)c1ccc(F)cc1C1COC(=O)N1. The lowest BCUT2D eigenvalue weighted by Crippen LogP contribution is -2.21. The van der Waals surface area contributed by atoms with Gasteiger partial charge in [-0.15, -0.1) is 0 Å². The average Bonchev–Trinajstić information content (AvgIpc) is 2.64. The van der Waals surface area contributed by atoms with Gasteiger partial charge in [0.25, 0.3) is 0 Å². The number of alkyl carbamates (subject to hydrolysis) is 1. The van der Waals surface area contributed by atoms with Gasteiger partial charge < -0.3 is 15.0 Å². The van der Waals surface area contributed by atoms with E-state index < -0.39 is 6.09 Å². The van der Waals surface area contributed by atoms with Crippen molar-refractivity contribution < 1.29 is 13.9 Å². The Morgan fingerprint density at radius 3 is 2.81 bits per heavy atom. The number of hydrogen-bond donors (Lipinski definition) is 1. The van der Waals surface area contributed by atoms with E-state index in [1.54, 1.807) is 6.07 Å². The first-order chi connectivity index (χ1) is 7.58. The van der Waals surface area contributed by atoms with E-state index in [2.05, 4.69) is 5.32 Å². The molecule has 1 heterocycles. The Hall–Kier alpha value is -1.78. The first-order valence-corrected chi connectivity index (χ1v) is 4.98. The van der Waals surface area contributed by atoms with Gasteiger partial charge in [0.1, 0.15) is 12.4 Å². The van der Waals surface area contributed by atoms with Gasteiger partial charge in [-0.1, -0.05) is 0 Å². The highest BCUT2D eigenvalue weighted by molar-refractivity contribution is 5.71. The Morgan fingerprint density at radius 2 is 2.25 bits per heavy atom. The van der Waals surface area contributed by atoms with Gasteiger partial charge in [-0.05, 0) is 18.2 Å². The molecular weight excluding hydrogens is 211 g/mol. The second kappa shape index (κ2) is 4.00. The molecule has 1 saturated heterocycles. The topological polar surface area (TPSA) is 41.6 Å². The number of amides is 1. The van der Waals surface area contributed by atoms with E-state index in [9.17, 15) is 9.18 Å². The second-order valence-corrected chi connectivity index (χ2v) is 3.89. The van der Waals surface area contributed by atoms with E-state index >= 15 is 0 Å². The molecule has 1 aromatic rings. The van der Waals surface area contributed by atoms with Crippen LogP contribution in [0.2, 0.25) is 0 Å². The number of ether oxygens (including phenoxy) is 1. The van der Waals surface area contributed by atoms with Crippen molar-refractivity contribution in [3.8, 4) is 0 Å². The molecule has 1 aromatic carbocycles. The van der Waals surface area contributed by atoms with Crippen LogP contribution in [0.25, 0.3) is 0 Å². The number of cyclic esters (lactones) is 1. The number of hydrogen-bond acceptors (Lipinski definition) is 3. The summed E-state index contributed by atoms with van der Waals surface area (Å²) in [5.41, 5.74) is 1.60. The van der Waals surface area contributed by atoms with Crippen molar-refractivity contribution in [2.45, 2.75) is 6.04 Å².